The SMILES string of the molecule is CCCCCN(C)c1c(C)cccc1C#N. The molecule has 2 nitrogen and oxygen atoms in total. The standard InChI is InChI=1S/C14H20N2/c1-4-5-6-10-16(3)14-12(2)8-7-9-13(14)11-15/h7-9H,4-6,10H2,1-3H3. The van der Waals surface area contributed by atoms with Gasteiger partial charge in [0.25, 0.3) is 0 Å². The van der Waals surface area contributed by atoms with Crippen LogP contribution in [-0.4, -0.2) is 13.6 Å². The fourth-order valence-electron chi connectivity index (χ4n) is 1.97. The molecular formula is C14H20N2. The molecule has 0 aliphatic rings. The van der Waals surface area contributed by atoms with Crippen LogP contribution in [0.2, 0.25) is 0 Å². The predicted octanol–water partition coefficient (Wildman–Crippen LogP) is 3.49. The van der Waals surface area contributed by atoms with E-state index < -0.39 is 0 Å². The summed E-state index contributed by atoms with van der Waals surface area (Å²) in [5.41, 5.74) is 3.04. The first kappa shape index (κ1) is 12.6. The van der Waals surface area contributed by atoms with Crippen LogP contribution in [-0.2, 0) is 0 Å². The Morgan fingerprint density at radius 1 is 1.31 bits per heavy atom. The van der Waals surface area contributed by atoms with Gasteiger partial charge in [-0.05, 0) is 25.0 Å². The zero-order valence-corrected chi connectivity index (χ0v) is 10.5. The van der Waals surface area contributed by atoms with E-state index in [4.69, 9.17) is 5.26 Å². The van der Waals surface area contributed by atoms with Crippen molar-refractivity contribution in [1.29, 1.82) is 5.26 Å². The van der Waals surface area contributed by atoms with Crippen LogP contribution in [0.3, 0.4) is 0 Å². The summed E-state index contributed by atoms with van der Waals surface area (Å²) >= 11 is 0. The molecule has 0 bridgehead atoms. The maximum Gasteiger partial charge on any atom is 0.101 e. The summed E-state index contributed by atoms with van der Waals surface area (Å²) in [5, 5.41) is 9.09. The van der Waals surface area contributed by atoms with E-state index in [1.807, 2.05) is 12.1 Å². The quantitative estimate of drug-likeness (QED) is 0.704. The fourth-order valence-corrected chi connectivity index (χ4v) is 1.97. The highest BCUT2D eigenvalue weighted by molar-refractivity contribution is 5.63. The monoisotopic (exact) mass is 216 g/mol. The van der Waals surface area contributed by atoms with Gasteiger partial charge in [-0.3, -0.25) is 0 Å². The smallest absolute Gasteiger partial charge is 0.101 e. The summed E-state index contributed by atoms with van der Waals surface area (Å²) < 4.78 is 0. The summed E-state index contributed by atoms with van der Waals surface area (Å²) in [7, 11) is 2.07. The minimum Gasteiger partial charge on any atom is -0.373 e. The Labute approximate surface area is 98.5 Å². The molecular weight excluding hydrogens is 196 g/mol. The summed E-state index contributed by atoms with van der Waals surface area (Å²) in [5.74, 6) is 0. The molecule has 1 rings (SSSR count). The zero-order chi connectivity index (χ0) is 12.0. The van der Waals surface area contributed by atoms with Crippen molar-refractivity contribution in [2.75, 3.05) is 18.5 Å². The molecule has 0 amide bonds. The van der Waals surface area contributed by atoms with Gasteiger partial charge < -0.3 is 4.90 Å². The normalized spacial score (nSPS) is 9.88. The topological polar surface area (TPSA) is 27.0 Å². The third kappa shape index (κ3) is 3.00. The van der Waals surface area contributed by atoms with E-state index in [1.54, 1.807) is 0 Å². The Kier molecular flexibility index (Phi) is 4.85. The van der Waals surface area contributed by atoms with Crippen LogP contribution < -0.4 is 4.90 Å². The predicted molar refractivity (Wildman–Crippen MR) is 68.7 cm³/mol. The second-order valence-electron chi connectivity index (χ2n) is 4.21. The van der Waals surface area contributed by atoms with Crippen molar-refractivity contribution >= 4 is 5.69 Å². The Bertz CT molecular complexity index is 377. The van der Waals surface area contributed by atoms with E-state index in [2.05, 4.69) is 37.9 Å². The number of nitrogens with zero attached hydrogens (tertiary/aromatic N) is 2. The van der Waals surface area contributed by atoms with Crippen LogP contribution in [0.5, 0.6) is 0 Å². The van der Waals surface area contributed by atoms with Gasteiger partial charge in [0.15, 0.2) is 0 Å². The molecule has 0 heterocycles. The third-order valence-electron chi connectivity index (χ3n) is 2.84. The Balaban J connectivity index is 2.82. The highest BCUT2D eigenvalue weighted by atomic mass is 15.1. The molecule has 0 saturated carbocycles. The number of unbranched alkanes of at least 4 members (excludes halogenated alkanes) is 2. The van der Waals surface area contributed by atoms with Gasteiger partial charge in [0.2, 0.25) is 0 Å². The first-order valence-corrected chi connectivity index (χ1v) is 5.91. The van der Waals surface area contributed by atoms with Gasteiger partial charge in [0.1, 0.15) is 6.07 Å². The number of hydrogen-bond acceptors (Lipinski definition) is 2. The van der Waals surface area contributed by atoms with E-state index in [9.17, 15) is 0 Å². The van der Waals surface area contributed by atoms with Crippen LogP contribution in [0.4, 0.5) is 5.69 Å². The number of nitriles is 1. The lowest BCUT2D eigenvalue weighted by molar-refractivity contribution is 0.704. The minimum atomic E-state index is 0.777. The van der Waals surface area contributed by atoms with Gasteiger partial charge in [0.05, 0.1) is 11.3 Å². The number of hydrogen-bond donors (Lipinski definition) is 0. The van der Waals surface area contributed by atoms with Gasteiger partial charge in [0, 0.05) is 13.6 Å². The number of para-hydroxylation sites is 1. The van der Waals surface area contributed by atoms with Crippen LogP contribution in [0.25, 0.3) is 0 Å². The molecule has 0 fully saturated rings. The van der Waals surface area contributed by atoms with Crippen molar-refractivity contribution < 1.29 is 0 Å². The number of aryl methyl sites for hydroxylation is 1. The van der Waals surface area contributed by atoms with Crippen LogP contribution in [0.15, 0.2) is 18.2 Å². The van der Waals surface area contributed by atoms with Crippen LogP contribution >= 0.6 is 0 Å². The third-order valence-corrected chi connectivity index (χ3v) is 2.84. The second-order valence-corrected chi connectivity index (χ2v) is 4.21. The molecule has 0 aliphatic carbocycles. The average Bonchev–Trinajstić information content (AvgIpc) is 2.28. The summed E-state index contributed by atoms with van der Waals surface area (Å²) in [6.07, 6.45) is 3.66. The molecule has 0 saturated heterocycles. The molecule has 86 valence electrons. The van der Waals surface area contributed by atoms with Crippen LogP contribution in [0, 0.1) is 18.3 Å². The highest BCUT2D eigenvalue weighted by Gasteiger charge is 2.09. The van der Waals surface area contributed by atoms with Gasteiger partial charge in [-0.1, -0.05) is 31.9 Å². The molecule has 0 aliphatic heterocycles. The van der Waals surface area contributed by atoms with E-state index in [0.717, 1.165) is 17.8 Å². The molecule has 2 heteroatoms. The Morgan fingerprint density at radius 2 is 2.06 bits per heavy atom. The average molecular weight is 216 g/mol. The number of rotatable bonds is 5. The van der Waals surface area contributed by atoms with Crippen molar-refractivity contribution in [1.82, 2.24) is 0 Å². The lowest BCUT2D eigenvalue weighted by Gasteiger charge is -2.22. The highest BCUT2D eigenvalue weighted by Crippen LogP contribution is 2.23. The van der Waals surface area contributed by atoms with E-state index in [-0.39, 0.29) is 0 Å². The largest absolute Gasteiger partial charge is 0.373 e. The van der Waals surface area contributed by atoms with Crippen molar-refractivity contribution in [3.8, 4) is 6.07 Å². The maximum absolute atomic E-state index is 9.09. The Hall–Kier alpha value is -1.49. The molecule has 0 radical (unpaired) electrons. The van der Waals surface area contributed by atoms with Crippen molar-refractivity contribution in [3.05, 3.63) is 29.3 Å². The number of benzene rings is 1. The summed E-state index contributed by atoms with van der Waals surface area (Å²) in [6.45, 7) is 5.29. The van der Waals surface area contributed by atoms with E-state index in [0.29, 0.717) is 0 Å². The van der Waals surface area contributed by atoms with Gasteiger partial charge in [-0.2, -0.15) is 5.26 Å². The van der Waals surface area contributed by atoms with Gasteiger partial charge in [-0.25, -0.2) is 0 Å². The van der Waals surface area contributed by atoms with Crippen molar-refractivity contribution in [2.24, 2.45) is 0 Å². The molecule has 0 unspecified atom stereocenters. The fraction of sp³-hybridized carbons (Fsp3) is 0.500. The van der Waals surface area contributed by atoms with Crippen molar-refractivity contribution in [3.63, 3.8) is 0 Å². The molecule has 1 aromatic rings. The molecule has 1 aromatic carbocycles. The lowest BCUT2D eigenvalue weighted by atomic mass is 10.1. The summed E-state index contributed by atoms with van der Waals surface area (Å²) in [4.78, 5) is 2.20. The molecule has 0 N–H and O–H groups in total. The maximum atomic E-state index is 9.09. The van der Waals surface area contributed by atoms with Crippen molar-refractivity contribution in [2.45, 2.75) is 33.1 Å². The zero-order valence-electron chi connectivity index (χ0n) is 10.5. The molecule has 0 atom stereocenters. The van der Waals surface area contributed by atoms with Crippen LogP contribution in [0.1, 0.15) is 37.3 Å². The number of anilines is 1. The minimum absolute atomic E-state index is 0.777. The lowest BCUT2D eigenvalue weighted by Crippen LogP contribution is -2.20. The van der Waals surface area contributed by atoms with E-state index >= 15 is 0 Å². The second kappa shape index (κ2) is 6.17. The van der Waals surface area contributed by atoms with E-state index in [1.165, 1.54) is 24.8 Å². The Morgan fingerprint density at radius 3 is 2.69 bits per heavy atom. The van der Waals surface area contributed by atoms with Gasteiger partial charge in [-0.15, -0.1) is 0 Å². The molecule has 16 heavy (non-hydrogen) atoms. The first-order valence-electron chi connectivity index (χ1n) is 5.91. The van der Waals surface area contributed by atoms with Gasteiger partial charge >= 0.3 is 0 Å². The summed E-state index contributed by atoms with van der Waals surface area (Å²) in [6, 6.07) is 8.16. The molecule has 0 spiro atoms. The molecule has 0 aromatic heterocycles. The first-order chi connectivity index (χ1) is 7.70.